The van der Waals surface area contributed by atoms with E-state index in [1.165, 1.54) is 0 Å². The van der Waals surface area contributed by atoms with Crippen LogP contribution in [-0.4, -0.2) is 29.9 Å². The molecule has 38 heavy (non-hydrogen) atoms. The molecule has 1 heterocycles. The second-order valence-corrected chi connectivity index (χ2v) is 10.6. The first-order chi connectivity index (χ1) is 18.1. The van der Waals surface area contributed by atoms with Crippen molar-refractivity contribution in [2.45, 2.75) is 58.5 Å². The summed E-state index contributed by atoms with van der Waals surface area (Å²) in [5, 5.41) is 3.37. The van der Waals surface area contributed by atoms with Crippen LogP contribution in [0.5, 0.6) is 11.5 Å². The molecule has 3 aromatic rings. The SMILES string of the molecule is CCC1(Oc2cccc(CCNC(=O)OC(C)(C)C)c2)Oc2ccccc2N(Cc2cccc(Cl)c2)C1=O. The van der Waals surface area contributed by atoms with Crippen LogP contribution in [0.3, 0.4) is 0 Å². The first kappa shape index (κ1) is 27.3. The molecule has 2 amide bonds. The summed E-state index contributed by atoms with van der Waals surface area (Å²) in [6.07, 6.45) is 0.388. The molecule has 3 aromatic carbocycles. The number of hydrogen-bond acceptors (Lipinski definition) is 5. The molecule has 0 fully saturated rings. The van der Waals surface area contributed by atoms with E-state index < -0.39 is 17.5 Å². The fourth-order valence-corrected chi connectivity index (χ4v) is 4.43. The Kier molecular flexibility index (Phi) is 8.17. The number of carbonyl (C=O) groups is 2. The van der Waals surface area contributed by atoms with Crippen LogP contribution in [-0.2, 0) is 22.5 Å². The highest BCUT2D eigenvalue weighted by Gasteiger charge is 2.49. The molecule has 0 saturated carbocycles. The van der Waals surface area contributed by atoms with Gasteiger partial charge < -0.3 is 19.5 Å². The Balaban J connectivity index is 1.53. The lowest BCUT2D eigenvalue weighted by atomic mass is 10.1. The van der Waals surface area contributed by atoms with Crippen LogP contribution in [0.1, 0.15) is 45.2 Å². The van der Waals surface area contributed by atoms with E-state index in [-0.39, 0.29) is 12.3 Å². The summed E-state index contributed by atoms with van der Waals surface area (Å²) in [5.74, 6) is -0.776. The summed E-state index contributed by atoms with van der Waals surface area (Å²) in [6.45, 7) is 8.03. The van der Waals surface area contributed by atoms with Crippen molar-refractivity contribution in [3.05, 3.63) is 88.9 Å². The number of fused-ring (bicyclic) bond motifs is 1. The smallest absolute Gasteiger partial charge is 0.407 e. The molecular weight excluding hydrogens is 504 g/mol. The van der Waals surface area contributed by atoms with Gasteiger partial charge in [-0.1, -0.05) is 54.9 Å². The van der Waals surface area contributed by atoms with Crippen molar-refractivity contribution in [1.82, 2.24) is 5.32 Å². The zero-order valence-electron chi connectivity index (χ0n) is 22.1. The summed E-state index contributed by atoms with van der Waals surface area (Å²) in [7, 11) is 0. The maximum Gasteiger partial charge on any atom is 0.407 e. The highest BCUT2D eigenvalue weighted by molar-refractivity contribution is 6.30. The molecule has 8 heteroatoms. The van der Waals surface area contributed by atoms with Gasteiger partial charge >= 0.3 is 17.8 Å². The maximum atomic E-state index is 14.0. The van der Waals surface area contributed by atoms with Gasteiger partial charge in [0.25, 0.3) is 0 Å². The van der Waals surface area contributed by atoms with Crippen molar-refractivity contribution in [2.75, 3.05) is 11.4 Å². The minimum absolute atomic E-state index is 0.288. The molecule has 0 spiro atoms. The van der Waals surface area contributed by atoms with Crippen molar-refractivity contribution in [3.63, 3.8) is 0 Å². The van der Waals surface area contributed by atoms with Gasteiger partial charge in [-0.3, -0.25) is 9.69 Å². The second-order valence-electron chi connectivity index (χ2n) is 10.1. The Morgan fingerprint density at radius 1 is 1.03 bits per heavy atom. The van der Waals surface area contributed by atoms with Crippen molar-refractivity contribution in [3.8, 4) is 11.5 Å². The van der Waals surface area contributed by atoms with Gasteiger partial charge in [0, 0.05) is 18.0 Å². The number of ether oxygens (including phenoxy) is 3. The molecule has 7 nitrogen and oxygen atoms in total. The number of anilines is 1. The standard InChI is InChI=1S/C30H33ClN2O5/c1-5-30(36-24-13-9-10-21(19-24)16-17-32-28(35)38-29(2,3)4)27(34)33(20-22-11-8-12-23(31)18-22)25-14-6-7-15-26(25)37-30/h6-15,18-19H,5,16-17,20H2,1-4H3,(H,32,35). The number of amides is 2. The van der Waals surface area contributed by atoms with Crippen molar-refractivity contribution in [1.29, 1.82) is 0 Å². The molecular formula is C30H33ClN2O5. The fraction of sp³-hybridized carbons (Fsp3) is 0.333. The quantitative estimate of drug-likeness (QED) is 0.355. The van der Waals surface area contributed by atoms with Crippen LogP contribution in [0.25, 0.3) is 0 Å². The van der Waals surface area contributed by atoms with Crippen LogP contribution in [0, 0.1) is 0 Å². The summed E-state index contributed by atoms with van der Waals surface area (Å²) >= 11 is 6.20. The van der Waals surface area contributed by atoms with Gasteiger partial charge in [-0.25, -0.2) is 4.79 Å². The Morgan fingerprint density at radius 3 is 2.50 bits per heavy atom. The lowest BCUT2D eigenvalue weighted by molar-refractivity contribution is -0.167. The molecule has 200 valence electrons. The molecule has 0 saturated heterocycles. The number of hydrogen-bond donors (Lipinski definition) is 1. The minimum Gasteiger partial charge on any atom is -0.444 e. The summed E-state index contributed by atoms with van der Waals surface area (Å²) < 4.78 is 17.9. The molecule has 1 unspecified atom stereocenters. The molecule has 1 aliphatic heterocycles. The number of benzene rings is 3. The first-order valence-corrected chi connectivity index (χ1v) is 13.1. The number of halogens is 1. The summed E-state index contributed by atoms with van der Waals surface area (Å²) in [6, 6.07) is 22.3. The molecule has 0 aliphatic carbocycles. The van der Waals surface area contributed by atoms with E-state index in [9.17, 15) is 9.59 Å². The number of para-hydroxylation sites is 2. The topological polar surface area (TPSA) is 77.1 Å². The molecule has 4 rings (SSSR count). The van der Waals surface area contributed by atoms with Crippen LogP contribution >= 0.6 is 11.6 Å². The van der Waals surface area contributed by atoms with Gasteiger partial charge in [0.1, 0.15) is 17.1 Å². The minimum atomic E-state index is -1.54. The first-order valence-electron chi connectivity index (χ1n) is 12.7. The van der Waals surface area contributed by atoms with E-state index >= 15 is 0 Å². The van der Waals surface area contributed by atoms with E-state index in [0.717, 1.165) is 11.1 Å². The van der Waals surface area contributed by atoms with Crippen LogP contribution in [0.2, 0.25) is 5.02 Å². The number of nitrogens with zero attached hydrogens (tertiary/aromatic N) is 1. The molecule has 0 radical (unpaired) electrons. The Labute approximate surface area is 228 Å². The zero-order valence-corrected chi connectivity index (χ0v) is 22.9. The fourth-order valence-electron chi connectivity index (χ4n) is 4.22. The molecule has 1 N–H and O–H groups in total. The van der Waals surface area contributed by atoms with Gasteiger partial charge in [0.15, 0.2) is 0 Å². The largest absolute Gasteiger partial charge is 0.444 e. The predicted molar refractivity (Wildman–Crippen MR) is 148 cm³/mol. The average molecular weight is 537 g/mol. The highest BCUT2D eigenvalue weighted by Crippen LogP contribution is 2.41. The van der Waals surface area contributed by atoms with Crippen molar-refractivity contribution >= 4 is 29.3 Å². The molecule has 1 aliphatic rings. The molecule has 0 bridgehead atoms. The number of alkyl carbamates (subject to hydrolysis) is 1. The van der Waals surface area contributed by atoms with E-state index in [2.05, 4.69) is 5.32 Å². The average Bonchev–Trinajstić information content (AvgIpc) is 2.86. The van der Waals surface area contributed by atoms with Gasteiger partial charge in [-0.2, -0.15) is 0 Å². The maximum absolute atomic E-state index is 14.0. The van der Waals surface area contributed by atoms with E-state index in [4.69, 9.17) is 25.8 Å². The second kappa shape index (κ2) is 11.4. The lowest BCUT2D eigenvalue weighted by Crippen LogP contribution is -2.59. The summed E-state index contributed by atoms with van der Waals surface area (Å²) in [4.78, 5) is 27.6. The molecule has 1 atom stereocenters. The predicted octanol–water partition coefficient (Wildman–Crippen LogP) is 6.52. The third kappa shape index (κ3) is 6.58. The van der Waals surface area contributed by atoms with Crippen LogP contribution in [0.15, 0.2) is 72.8 Å². The van der Waals surface area contributed by atoms with Gasteiger partial charge in [-0.05, 0) is 74.7 Å². The Bertz CT molecular complexity index is 1310. The summed E-state index contributed by atoms with van der Waals surface area (Å²) in [5.41, 5.74) is 1.95. The molecule has 0 aromatic heterocycles. The van der Waals surface area contributed by atoms with Crippen molar-refractivity contribution in [2.24, 2.45) is 0 Å². The zero-order chi connectivity index (χ0) is 27.3. The van der Waals surface area contributed by atoms with Crippen molar-refractivity contribution < 1.29 is 23.8 Å². The number of carbonyl (C=O) groups excluding carboxylic acids is 2. The lowest BCUT2D eigenvalue weighted by Gasteiger charge is -2.41. The normalized spacial score (nSPS) is 16.9. The van der Waals surface area contributed by atoms with Crippen LogP contribution in [0.4, 0.5) is 10.5 Å². The third-order valence-electron chi connectivity index (χ3n) is 5.96. The van der Waals surface area contributed by atoms with Crippen LogP contribution < -0.4 is 19.7 Å². The Morgan fingerprint density at radius 2 is 1.76 bits per heavy atom. The van der Waals surface area contributed by atoms with E-state index in [1.54, 1.807) is 17.0 Å². The van der Waals surface area contributed by atoms with E-state index in [1.807, 2.05) is 88.4 Å². The highest BCUT2D eigenvalue weighted by atomic mass is 35.5. The number of nitrogens with one attached hydrogen (secondary N) is 1. The van der Waals surface area contributed by atoms with Gasteiger partial charge in [0.05, 0.1) is 12.2 Å². The Hall–Kier alpha value is -3.71. The monoisotopic (exact) mass is 536 g/mol. The van der Waals surface area contributed by atoms with Gasteiger partial charge in [0.2, 0.25) is 0 Å². The third-order valence-corrected chi connectivity index (χ3v) is 6.20. The number of rotatable bonds is 8. The van der Waals surface area contributed by atoms with E-state index in [0.29, 0.717) is 41.7 Å². The van der Waals surface area contributed by atoms with Gasteiger partial charge in [-0.15, -0.1) is 0 Å².